The number of ketones is 1. The monoisotopic (exact) mass is 445 g/mol. The van der Waals surface area contributed by atoms with Gasteiger partial charge in [-0.2, -0.15) is 12.6 Å². The van der Waals surface area contributed by atoms with E-state index in [4.69, 9.17) is 0 Å². The quantitative estimate of drug-likeness (QED) is 0.516. The number of methoxy groups -OCH3 is 1. The van der Waals surface area contributed by atoms with Gasteiger partial charge < -0.3 is 4.74 Å². The molecule has 1 saturated carbocycles. The van der Waals surface area contributed by atoms with Crippen molar-refractivity contribution < 1.29 is 18.7 Å². The maximum absolute atomic E-state index is 14.6. The fourth-order valence-electron chi connectivity index (χ4n) is 3.85. The lowest BCUT2D eigenvalue weighted by Crippen LogP contribution is -2.42. The minimum absolute atomic E-state index is 0.00174. The largest absolute Gasteiger partial charge is 0.468 e. The maximum atomic E-state index is 14.6. The lowest BCUT2D eigenvalue weighted by molar-refractivity contribution is -0.141. The van der Waals surface area contributed by atoms with Crippen LogP contribution < -0.4 is 0 Å². The van der Waals surface area contributed by atoms with Crippen molar-refractivity contribution in [2.75, 3.05) is 20.2 Å². The van der Waals surface area contributed by atoms with Crippen LogP contribution in [0.3, 0.4) is 0 Å². The minimum Gasteiger partial charge on any atom is -0.468 e. The lowest BCUT2D eigenvalue weighted by atomic mass is 9.93. The van der Waals surface area contributed by atoms with Crippen LogP contribution in [0, 0.1) is 11.7 Å². The smallest absolute Gasteiger partial charge is 0.327 e. The van der Waals surface area contributed by atoms with E-state index in [2.05, 4.69) is 32.9 Å². The van der Waals surface area contributed by atoms with Gasteiger partial charge in [-0.1, -0.05) is 18.2 Å². The van der Waals surface area contributed by atoms with Gasteiger partial charge in [-0.05, 0) is 47.4 Å². The van der Waals surface area contributed by atoms with Crippen molar-refractivity contribution in [2.24, 2.45) is 5.92 Å². The molecule has 10 heteroatoms. The second kappa shape index (κ2) is 9.27. The molecular formula is C21H24FN5O3S. The number of rotatable bonds is 7. The fraction of sp³-hybridized carbons (Fsp3) is 0.476. The van der Waals surface area contributed by atoms with E-state index in [0.717, 1.165) is 18.4 Å². The third-order valence-electron chi connectivity index (χ3n) is 5.70. The number of likely N-dealkylation sites (tertiary alicyclic amines) is 1. The van der Waals surface area contributed by atoms with Crippen LogP contribution in [-0.4, -0.2) is 62.3 Å². The molecule has 2 aliphatic rings. The molecule has 8 nitrogen and oxygen atoms in total. The molecule has 1 aliphatic heterocycles. The number of Topliss-reactive ketones (excluding diaryl/α,β-unsaturated/α-hetero) is 1. The molecule has 0 bridgehead atoms. The van der Waals surface area contributed by atoms with Gasteiger partial charge in [-0.25, -0.2) is 9.07 Å². The number of benzene rings is 1. The lowest BCUT2D eigenvalue weighted by Gasteiger charge is -2.37. The Hall–Kier alpha value is -2.59. The van der Waals surface area contributed by atoms with Gasteiger partial charge in [0.25, 0.3) is 0 Å². The average molecular weight is 446 g/mol. The predicted molar refractivity (Wildman–Crippen MR) is 114 cm³/mol. The van der Waals surface area contributed by atoms with Crippen LogP contribution in [-0.2, 0) is 20.9 Å². The van der Waals surface area contributed by atoms with Crippen molar-refractivity contribution in [3.63, 3.8) is 0 Å². The predicted octanol–water partition coefficient (Wildman–Crippen LogP) is 2.09. The molecule has 2 unspecified atom stereocenters. The summed E-state index contributed by atoms with van der Waals surface area (Å²) in [5.41, 5.74) is 1.31. The number of aromatic nitrogens is 4. The number of hydrogen-bond donors (Lipinski definition) is 1. The molecule has 4 rings (SSSR count). The zero-order valence-electron chi connectivity index (χ0n) is 17.1. The van der Waals surface area contributed by atoms with Crippen LogP contribution in [0.4, 0.5) is 4.39 Å². The number of thiol groups is 1. The molecule has 0 N–H and O–H groups in total. The highest BCUT2D eigenvalue weighted by molar-refractivity contribution is 7.81. The van der Waals surface area contributed by atoms with Crippen molar-refractivity contribution in [2.45, 2.75) is 37.1 Å². The van der Waals surface area contributed by atoms with E-state index in [1.807, 2.05) is 4.90 Å². The number of piperidine rings is 1. The van der Waals surface area contributed by atoms with E-state index in [0.29, 0.717) is 30.9 Å². The summed E-state index contributed by atoms with van der Waals surface area (Å²) in [6, 6.07) is 5.83. The first-order valence-corrected chi connectivity index (χ1v) is 10.7. The molecule has 164 valence electrons. The number of carbonyl (C=O) groups excluding carboxylic acids is 2. The summed E-state index contributed by atoms with van der Waals surface area (Å²) in [7, 11) is 1.30. The molecule has 2 fully saturated rings. The molecule has 1 aromatic carbocycles. The Morgan fingerprint density at radius 3 is 2.81 bits per heavy atom. The molecule has 31 heavy (non-hydrogen) atoms. The standard InChI is InChI=1S/C21H24FN5O3S/c1-30-19(28)12-27-18(23-24-25-27)10-14-11-26(9-8-17(14)31)20(21(29)13-6-7-13)15-4-2-3-5-16(15)22/h2-5,10,13,17,20,31H,6-9,11-12H2,1H3. The van der Waals surface area contributed by atoms with E-state index in [1.54, 1.807) is 24.3 Å². The first kappa shape index (κ1) is 21.6. The Bertz CT molecular complexity index is 1010. The molecule has 2 heterocycles. The van der Waals surface area contributed by atoms with Crippen LogP contribution in [0.5, 0.6) is 0 Å². The molecule has 0 radical (unpaired) electrons. The zero-order chi connectivity index (χ0) is 22.0. The summed E-state index contributed by atoms with van der Waals surface area (Å²) >= 11 is 4.69. The Morgan fingerprint density at radius 2 is 2.10 bits per heavy atom. The van der Waals surface area contributed by atoms with Crippen molar-refractivity contribution in [3.05, 3.63) is 47.0 Å². The molecule has 2 atom stereocenters. The molecular weight excluding hydrogens is 421 g/mol. The van der Waals surface area contributed by atoms with Crippen molar-refractivity contribution in [1.29, 1.82) is 0 Å². The number of nitrogens with zero attached hydrogens (tertiary/aromatic N) is 5. The third kappa shape index (κ3) is 4.85. The van der Waals surface area contributed by atoms with Gasteiger partial charge in [-0.15, -0.1) is 5.10 Å². The highest BCUT2D eigenvalue weighted by Gasteiger charge is 2.40. The Kier molecular flexibility index (Phi) is 6.47. The van der Waals surface area contributed by atoms with Crippen LogP contribution >= 0.6 is 12.6 Å². The molecule has 1 aromatic heterocycles. The van der Waals surface area contributed by atoms with Gasteiger partial charge in [0.15, 0.2) is 11.6 Å². The van der Waals surface area contributed by atoms with Gasteiger partial charge in [0.05, 0.1) is 13.2 Å². The third-order valence-corrected chi connectivity index (χ3v) is 6.29. The summed E-state index contributed by atoms with van der Waals surface area (Å²) in [4.78, 5) is 26.7. The van der Waals surface area contributed by atoms with E-state index < -0.39 is 12.0 Å². The molecule has 1 aliphatic carbocycles. The van der Waals surface area contributed by atoms with Gasteiger partial charge >= 0.3 is 5.97 Å². The number of halogens is 1. The molecule has 0 amide bonds. The minimum atomic E-state index is -0.635. The highest BCUT2D eigenvalue weighted by Crippen LogP contribution is 2.39. The van der Waals surface area contributed by atoms with Crippen LogP contribution in [0.25, 0.3) is 6.08 Å². The van der Waals surface area contributed by atoms with Crippen LogP contribution in [0.1, 0.15) is 36.7 Å². The maximum Gasteiger partial charge on any atom is 0.327 e. The molecule has 1 saturated heterocycles. The first-order chi connectivity index (χ1) is 15.0. The number of hydrogen-bond acceptors (Lipinski definition) is 8. The normalized spacial score (nSPS) is 21.8. The topological polar surface area (TPSA) is 90.2 Å². The Labute approximate surface area is 184 Å². The van der Waals surface area contributed by atoms with Gasteiger partial charge in [0, 0.05) is 29.8 Å². The van der Waals surface area contributed by atoms with Gasteiger partial charge in [-0.3, -0.25) is 14.5 Å². The summed E-state index contributed by atoms with van der Waals surface area (Å²) in [6.07, 6.45) is 4.19. The molecule has 0 spiro atoms. The van der Waals surface area contributed by atoms with E-state index >= 15 is 0 Å². The highest BCUT2D eigenvalue weighted by atomic mass is 32.1. The molecule has 2 aromatic rings. The fourth-order valence-corrected chi connectivity index (χ4v) is 4.12. The number of esters is 1. The van der Waals surface area contributed by atoms with E-state index in [1.165, 1.54) is 17.9 Å². The van der Waals surface area contributed by atoms with E-state index in [9.17, 15) is 14.0 Å². The van der Waals surface area contributed by atoms with Crippen molar-refractivity contribution in [1.82, 2.24) is 25.1 Å². The average Bonchev–Trinajstić information content (AvgIpc) is 3.53. The van der Waals surface area contributed by atoms with E-state index in [-0.39, 0.29) is 29.3 Å². The summed E-state index contributed by atoms with van der Waals surface area (Å²) in [6.45, 7) is 0.939. The SMILES string of the molecule is COC(=O)Cn1nnnc1C=C1CN(C(C(=O)C2CC2)c2ccccc2F)CCC1S. The second-order valence-corrected chi connectivity index (χ2v) is 8.49. The number of tetrazole rings is 1. The summed E-state index contributed by atoms with van der Waals surface area (Å²) in [5.74, 6) is -0.371. The van der Waals surface area contributed by atoms with Crippen LogP contribution in [0.2, 0.25) is 0 Å². The Morgan fingerprint density at radius 1 is 1.32 bits per heavy atom. The second-order valence-electron chi connectivity index (χ2n) is 7.87. The zero-order valence-corrected chi connectivity index (χ0v) is 18.0. The number of ether oxygens (including phenoxy) is 1. The summed E-state index contributed by atoms with van der Waals surface area (Å²) < 4.78 is 20.7. The van der Waals surface area contributed by atoms with Gasteiger partial charge in [0.2, 0.25) is 0 Å². The van der Waals surface area contributed by atoms with Crippen molar-refractivity contribution in [3.8, 4) is 0 Å². The van der Waals surface area contributed by atoms with Gasteiger partial charge in [0.1, 0.15) is 12.4 Å². The van der Waals surface area contributed by atoms with Crippen molar-refractivity contribution >= 4 is 30.5 Å². The Balaban J connectivity index is 1.62. The summed E-state index contributed by atoms with van der Waals surface area (Å²) in [5, 5.41) is 11.4. The first-order valence-electron chi connectivity index (χ1n) is 10.2. The number of carbonyl (C=O) groups is 2. The van der Waals surface area contributed by atoms with Crippen LogP contribution in [0.15, 0.2) is 29.8 Å².